The smallest absolute Gasteiger partial charge is 0.137 e. The summed E-state index contributed by atoms with van der Waals surface area (Å²) in [5.74, 6) is 7.09. The fourth-order valence-electron chi connectivity index (χ4n) is 2.35. The summed E-state index contributed by atoms with van der Waals surface area (Å²) >= 11 is 0. The molecule has 5 heteroatoms. The summed E-state index contributed by atoms with van der Waals surface area (Å²) in [5.41, 5.74) is 3.89. The Hall–Kier alpha value is -1.17. The Morgan fingerprint density at radius 2 is 2.16 bits per heavy atom. The van der Waals surface area contributed by atoms with Crippen LogP contribution in [-0.4, -0.2) is 24.3 Å². The summed E-state index contributed by atoms with van der Waals surface area (Å²) in [7, 11) is 0. The molecule has 106 valence electrons. The Morgan fingerprint density at radius 3 is 2.74 bits per heavy atom. The molecule has 0 spiro atoms. The average Bonchev–Trinajstić information content (AvgIpc) is 3.24. The van der Waals surface area contributed by atoms with Crippen LogP contribution in [0.5, 0.6) is 5.75 Å². The van der Waals surface area contributed by atoms with Gasteiger partial charge < -0.3 is 9.47 Å². The molecule has 1 aromatic rings. The van der Waals surface area contributed by atoms with Gasteiger partial charge in [0.05, 0.1) is 24.9 Å². The van der Waals surface area contributed by atoms with E-state index < -0.39 is 0 Å². The fraction of sp³-hybridized carbons (Fsp3) is 0.643. The van der Waals surface area contributed by atoms with Gasteiger partial charge in [0.25, 0.3) is 0 Å². The van der Waals surface area contributed by atoms with E-state index in [9.17, 15) is 0 Å². The first-order valence-electron chi connectivity index (χ1n) is 6.95. The minimum absolute atomic E-state index is 0.0413. The van der Waals surface area contributed by atoms with E-state index in [0.717, 1.165) is 11.3 Å². The summed E-state index contributed by atoms with van der Waals surface area (Å²) in [6.45, 7) is 5.29. The highest BCUT2D eigenvalue weighted by Crippen LogP contribution is 2.40. The first-order valence-corrected chi connectivity index (χ1v) is 6.95. The summed E-state index contributed by atoms with van der Waals surface area (Å²) in [6.07, 6.45) is 6.06. The van der Waals surface area contributed by atoms with Gasteiger partial charge in [-0.1, -0.05) is 0 Å². The molecule has 0 radical (unpaired) electrons. The lowest BCUT2D eigenvalue weighted by molar-refractivity contribution is 0.0184. The fourth-order valence-corrected chi connectivity index (χ4v) is 2.35. The molecule has 2 unspecified atom stereocenters. The molecule has 19 heavy (non-hydrogen) atoms. The number of nitrogens with zero attached hydrogens (tertiary/aromatic N) is 1. The van der Waals surface area contributed by atoms with Crippen molar-refractivity contribution >= 4 is 0 Å². The summed E-state index contributed by atoms with van der Waals surface area (Å²) in [4.78, 5) is 4.22. The number of hydrogen-bond acceptors (Lipinski definition) is 5. The van der Waals surface area contributed by atoms with Crippen LogP contribution in [0.15, 0.2) is 18.5 Å². The number of rotatable bonds is 8. The number of ether oxygens (including phenoxy) is 2. The van der Waals surface area contributed by atoms with Crippen LogP contribution in [0.1, 0.15) is 38.3 Å². The standard InChI is InChI=1S/C14H23N3O2/c1-3-18-12-7-11(8-16-9-12)13(17-15)14(19-4-2)10-5-6-10/h7-10,13-14,17H,3-6,15H2,1-2H3. The van der Waals surface area contributed by atoms with Gasteiger partial charge in [-0.15, -0.1) is 0 Å². The van der Waals surface area contributed by atoms with E-state index >= 15 is 0 Å². The molecule has 1 saturated carbocycles. The third-order valence-electron chi connectivity index (χ3n) is 3.36. The van der Waals surface area contributed by atoms with Gasteiger partial charge in [0.1, 0.15) is 5.75 Å². The lowest BCUT2D eigenvalue weighted by Crippen LogP contribution is -2.39. The van der Waals surface area contributed by atoms with Gasteiger partial charge in [-0.05, 0) is 44.2 Å². The van der Waals surface area contributed by atoms with Crippen molar-refractivity contribution in [3.8, 4) is 5.75 Å². The minimum atomic E-state index is -0.0413. The second-order valence-electron chi connectivity index (χ2n) is 4.79. The maximum Gasteiger partial charge on any atom is 0.137 e. The van der Waals surface area contributed by atoms with Gasteiger partial charge in [-0.25, -0.2) is 0 Å². The molecule has 1 heterocycles. The molecule has 1 aromatic heterocycles. The molecule has 0 amide bonds. The number of pyridine rings is 1. The van der Waals surface area contributed by atoms with Gasteiger partial charge in [-0.2, -0.15) is 0 Å². The topological polar surface area (TPSA) is 69.4 Å². The lowest BCUT2D eigenvalue weighted by Gasteiger charge is -2.26. The zero-order valence-electron chi connectivity index (χ0n) is 11.6. The van der Waals surface area contributed by atoms with E-state index in [2.05, 4.69) is 10.4 Å². The van der Waals surface area contributed by atoms with E-state index in [1.165, 1.54) is 12.8 Å². The second-order valence-corrected chi connectivity index (χ2v) is 4.79. The second kappa shape index (κ2) is 6.84. The lowest BCUT2D eigenvalue weighted by atomic mass is 10.00. The molecule has 2 rings (SSSR count). The van der Waals surface area contributed by atoms with Gasteiger partial charge in [0.2, 0.25) is 0 Å². The SMILES string of the molecule is CCOc1cncc(C(NN)C(OCC)C2CC2)c1. The molecule has 0 saturated heterocycles. The van der Waals surface area contributed by atoms with E-state index in [-0.39, 0.29) is 12.1 Å². The molecule has 0 aromatic carbocycles. The van der Waals surface area contributed by atoms with Crippen molar-refractivity contribution in [2.75, 3.05) is 13.2 Å². The molecular formula is C14H23N3O2. The number of hydrazine groups is 1. The number of nitrogens with two attached hydrogens (primary N) is 1. The molecule has 1 fully saturated rings. The quantitative estimate of drug-likeness (QED) is 0.554. The normalized spacial score (nSPS) is 18.1. The third kappa shape index (κ3) is 3.65. The summed E-state index contributed by atoms with van der Waals surface area (Å²) in [6, 6.07) is 1.94. The highest BCUT2D eigenvalue weighted by Gasteiger charge is 2.37. The van der Waals surface area contributed by atoms with E-state index in [0.29, 0.717) is 19.1 Å². The van der Waals surface area contributed by atoms with Crippen LogP contribution in [0.4, 0.5) is 0 Å². The van der Waals surface area contributed by atoms with Crippen molar-refractivity contribution in [1.29, 1.82) is 0 Å². The van der Waals surface area contributed by atoms with Crippen LogP contribution in [-0.2, 0) is 4.74 Å². The largest absolute Gasteiger partial charge is 0.492 e. The molecule has 0 bridgehead atoms. The highest BCUT2D eigenvalue weighted by atomic mass is 16.5. The maximum atomic E-state index is 5.86. The number of aromatic nitrogens is 1. The van der Waals surface area contributed by atoms with Crippen LogP contribution < -0.4 is 16.0 Å². The third-order valence-corrected chi connectivity index (χ3v) is 3.36. The first kappa shape index (κ1) is 14.2. The van der Waals surface area contributed by atoms with Gasteiger partial charge >= 0.3 is 0 Å². The Kier molecular flexibility index (Phi) is 5.13. The summed E-state index contributed by atoms with van der Waals surface area (Å²) in [5, 5.41) is 0. The predicted molar refractivity (Wildman–Crippen MR) is 73.6 cm³/mol. The van der Waals surface area contributed by atoms with Crippen molar-refractivity contribution in [2.45, 2.75) is 38.8 Å². The highest BCUT2D eigenvalue weighted by molar-refractivity contribution is 5.27. The van der Waals surface area contributed by atoms with Gasteiger partial charge in [0.15, 0.2) is 0 Å². The maximum absolute atomic E-state index is 5.86. The first-order chi connectivity index (χ1) is 9.30. The zero-order chi connectivity index (χ0) is 13.7. The Labute approximate surface area is 114 Å². The Balaban J connectivity index is 2.16. The van der Waals surface area contributed by atoms with Crippen LogP contribution in [0.25, 0.3) is 0 Å². The van der Waals surface area contributed by atoms with Crippen molar-refractivity contribution in [3.05, 3.63) is 24.0 Å². The number of nitrogens with one attached hydrogen (secondary N) is 1. The molecule has 0 aliphatic heterocycles. The minimum Gasteiger partial charge on any atom is -0.492 e. The van der Waals surface area contributed by atoms with Crippen LogP contribution in [0.2, 0.25) is 0 Å². The molecule has 1 aliphatic carbocycles. The molecule has 5 nitrogen and oxygen atoms in total. The monoisotopic (exact) mass is 265 g/mol. The Bertz CT molecular complexity index is 396. The van der Waals surface area contributed by atoms with E-state index in [1.807, 2.05) is 26.1 Å². The van der Waals surface area contributed by atoms with Crippen LogP contribution in [0, 0.1) is 5.92 Å². The molecule has 1 aliphatic rings. The Morgan fingerprint density at radius 1 is 1.37 bits per heavy atom. The van der Waals surface area contributed by atoms with Crippen molar-refractivity contribution in [1.82, 2.24) is 10.4 Å². The zero-order valence-corrected chi connectivity index (χ0v) is 11.6. The molecule has 3 N–H and O–H groups in total. The average molecular weight is 265 g/mol. The van der Waals surface area contributed by atoms with Crippen molar-refractivity contribution in [2.24, 2.45) is 11.8 Å². The van der Waals surface area contributed by atoms with Crippen molar-refractivity contribution < 1.29 is 9.47 Å². The van der Waals surface area contributed by atoms with E-state index in [4.69, 9.17) is 15.3 Å². The van der Waals surface area contributed by atoms with Crippen LogP contribution >= 0.6 is 0 Å². The molecule has 2 atom stereocenters. The molecular weight excluding hydrogens is 242 g/mol. The number of hydrogen-bond donors (Lipinski definition) is 2. The van der Waals surface area contributed by atoms with Gasteiger partial charge in [0, 0.05) is 12.8 Å². The van der Waals surface area contributed by atoms with Crippen molar-refractivity contribution in [3.63, 3.8) is 0 Å². The van der Waals surface area contributed by atoms with E-state index in [1.54, 1.807) is 6.20 Å². The van der Waals surface area contributed by atoms with Crippen LogP contribution in [0.3, 0.4) is 0 Å². The summed E-state index contributed by atoms with van der Waals surface area (Å²) < 4.78 is 11.3. The predicted octanol–water partition coefficient (Wildman–Crippen LogP) is 1.80. The van der Waals surface area contributed by atoms with Gasteiger partial charge in [-0.3, -0.25) is 16.3 Å².